The van der Waals surface area contributed by atoms with Gasteiger partial charge < -0.3 is 9.26 Å². The van der Waals surface area contributed by atoms with Crippen molar-refractivity contribution in [1.82, 2.24) is 10.1 Å². The number of nitrogens with zero attached hydrogens (tertiary/aromatic N) is 2. The van der Waals surface area contributed by atoms with E-state index < -0.39 is 0 Å². The SMILES string of the molecule is COc1ccccc1-c1noc(/C(Cl)=C/c2cc(Br)cs2)n1. The Balaban J connectivity index is 1.92. The fourth-order valence-corrected chi connectivity index (χ4v) is 3.48. The third-order valence-corrected chi connectivity index (χ3v) is 4.75. The van der Waals surface area contributed by atoms with Crippen molar-refractivity contribution in [2.45, 2.75) is 0 Å². The van der Waals surface area contributed by atoms with Gasteiger partial charge in [0.15, 0.2) is 0 Å². The van der Waals surface area contributed by atoms with E-state index in [4.69, 9.17) is 20.9 Å². The molecule has 0 saturated heterocycles. The van der Waals surface area contributed by atoms with Crippen LogP contribution in [0.1, 0.15) is 10.8 Å². The predicted octanol–water partition coefficient (Wildman–Crippen LogP) is 5.31. The molecular weight excluding hydrogens is 388 g/mol. The summed E-state index contributed by atoms with van der Waals surface area (Å²) in [4.78, 5) is 5.32. The van der Waals surface area contributed by atoms with Crippen LogP contribution in [0.3, 0.4) is 0 Å². The average molecular weight is 398 g/mol. The molecule has 0 saturated carbocycles. The van der Waals surface area contributed by atoms with Crippen molar-refractivity contribution < 1.29 is 9.26 Å². The van der Waals surface area contributed by atoms with E-state index in [1.165, 1.54) is 0 Å². The first-order chi connectivity index (χ1) is 10.7. The average Bonchev–Trinajstić information content (AvgIpc) is 3.16. The van der Waals surface area contributed by atoms with E-state index in [0.29, 0.717) is 16.6 Å². The Hall–Kier alpha value is -1.63. The van der Waals surface area contributed by atoms with Crippen LogP contribution in [0.2, 0.25) is 0 Å². The number of benzene rings is 1. The van der Waals surface area contributed by atoms with Gasteiger partial charge in [-0.25, -0.2) is 0 Å². The minimum absolute atomic E-state index is 0.270. The standard InChI is InChI=1S/C15H10BrClN2O2S/c1-20-13-5-3-2-4-11(13)14-18-15(21-19-14)12(17)7-10-6-9(16)8-22-10/h2-8H,1H3/b12-7-. The van der Waals surface area contributed by atoms with Crippen LogP contribution in [0.4, 0.5) is 0 Å². The molecule has 3 rings (SSSR count). The molecule has 0 radical (unpaired) electrons. The first-order valence-electron chi connectivity index (χ1n) is 6.26. The number of thiophene rings is 1. The van der Waals surface area contributed by atoms with Gasteiger partial charge in [0.05, 0.1) is 12.7 Å². The fraction of sp³-hybridized carbons (Fsp3) is 0.0667. The molecule has 1 aromatic carbocycles. The molecule has 7 heteroatoms. The minimum Gasteiger partial charge on any atom is -0.496 e. The largest absolute Gasteiger partial charge is 0.496 e. The quantitative estimate of drug-likeness (QED) is 0.599. The van der Waals surface area contributed by atoms with E-state index in [2.05, 4.69) is 26.1 Å². The molecule has 112 valence electrons. The van der Waals surface area contributed by atoms with Crippen LogP contribution < -0.4 is 4.74 Å². The fourth-order valence-electron chi connectivity index (χ4n) is 1.85. The summed E-state index contributed by atoms with van der Waals surface area (Å²) in [5, 5.41) is 6.33. The lowest BCUT2D eigenvalue weighted by Crippen LogP contribution is -1.88. The van der Waals surface area contributed by atoms with Gasteiger partial charge in [-0.2, -0.15) is 4.98 Å². The van der Waals surface area contributed by atoms with E-state index in [9.17, 15) is 0 Å². The second-order valence-electron chi connectivity index (χ2n) is 4.28. The van der Waals surface area contributed by atoms with Crippen LogP contribution in [0, 0.1) is 0 Å². The smallest absolute Gasteiger partial charge is 0.269 e. The summed E-state index contributed by atoms with van der Waals surface area (Å²) in [5.41, 5.74) is 0.753. The molecule has 0 atom stereocenters. The van der Waals surface area contributed by atoms with Crippen LogP contribution in [0.15, 0.2) is 44.7 Å². The number of hydrogen-bond acceptors (Lipinski definition) is 5. The van der Waals surface area contributed by atoms with Gasteiger partial charge in [-0.05, 0) is 40.2 Å². The van der Waals surface area contributed by atoms with Gasteiger partial charge in [0.2, 0.25) is 5.82 Å². The van der Waals surface area contributed by atoms with Gasteiger partial charge in [-0.3, -0.25) is 0 Å². The molecule has 0 N–H and O–H groups in total. The summed E-state index contributed by atoms with van der Waals surface area (Å²) in [5.74, 6) is 1.38. The molecule has 0 amide bonds. The topological polar surface area (TPSA) is 48.2 Å². The Morgan fingerprint density at radius 1 is 1.41 bits per heavy atom. The van der Waals surface area contributed by atoms with Crippen molar-refractivity contribution in [3.63, 3.8) is 0 Å². The molecule has 4 nitrogen and oxygen atoms in total. The summed E-state index contributed by atoms with van der Waals surface area (Å²) in [6, 6.07) is 9.43. The van der Waals surface area contributed by atoms with Gasteiger partial charge >= 0.3 is 0 Å². The van der Waals surface area contributed by atoms with Crippen molar-refractivity contribution in [3.8, 4) is 17.1 Å². The zero-order valence-corrected chi connectivity index (χ0v) is 14.6. The molecule has 0 bridgehead atoms. The lowest BCUT2D eigenvalue weighted by Gasteiger charge is -2.02. The Morgan fingerprint density at radius 3 is 2.95 bits per heavy atom. The van der Waals surface area contributed by atoms with E-state index in [1.54, 1.807) is 24.5 Å². The Morgan fingerprint density at radius 2 is 2.23 bits per heavy atom. The maximum absolute atomic E-state index is 6.25. The van der Waals surface area contributed by atoms with Crippen molar-refractivity contribution in [2.75, 3.05) is 7.11 Å². The molecule has 0 unspecified atom stereocenters. The molecule has 0 aliphatic carbocycles. The van der Waals surface area contributed by atoms with Crippen molar-refractivity contribution >= 4 is 50.0 Å². The predicted molar refractivity (Wildman–Crippen MR) is 92.0 cm³/mol. The van der Waals surface area contributed by atoms with Gasteiger partial charge in [0, 0.05) is 14.7 Å². The van der Waals surface area contributed by atoms with Gasteiger partial charge in [-0.1, -0.05) is 28.9 Å². The lowest BCUT2D eigenvalue weighted by molar-refractivity contribution is 0.406. The van der Waals surface area contributed by atoms with Crippen molar-refractivity contribution in [1.29, 1.82) is 0 Å². The van der Waals surface area contributed by atoms with Gasteiger partial charge in [0.1, 0.15) is 10.8 Å². The van der Waals surface area contributed by atoms with Crippen molar-refractivity contribution in [3.05, 3.63) is 51.0 Å². The molecule has 0 aliphatic rings. The normalized spacial score (nSPS) is 11.7. The number of hydrogen-bond donors (Lipinski definition) is 0. The number of para-hydroxylation sites is 1. The van der Waals surface area contributed by atoms with Crippen LogP contribution in [0.5, 0.6) is 5.75 Å². The third kappa shape index (κ3) is 3.24. The van der Waals surface area contributed by atoms with E-state index in [1.807, 2.05) is 35.7 Å². The highest BCUT2D eigenvalue weighted by atomic mass is 79.9. The Kier molecular flexibility index (Phi) is 4.61. The number of methoxy groups -OCH3 is 1. The highest BCUT2D eigenvalue weighted by Gasteiger charge is 2.14. The molecule has 0 spiro atoms. The number of halogens is 2. The number of ether oxygens (including phenoxy) is 1. The summed E-state index contributed by atoms with van der Waals surface area (Å²) in [6.45, 7) is 0. The summed E-state index contributed by atoms with van der Waals surface area (Å²) >= 11 is 11.2. The zero-order valence-electron chi connectivity index (χ0n) is 11.4. The monoisotopic (exact) mass is 396 g/mol. The number of aromatic nitrogens is 2. The van der Waals surface area contributed by atoms with Crippen LogP contribution in [-0.4, -0.2) is 17.3 Å². The summed E-state index contributed by atoms with van der Waals surface area (Å²) in [7, 11) is 1.60. The molecule has 2 heterocycles. The number of rotatable bonds is 4. The molecule has 3 aromatic rings. The lowest BCUT2D eigenvalue weighted by atomic mass is 10.2. The molecule has 22 heavy (non-hydrogen) atoms. The highest BCUT2D eigenvalue weighted by molar-refractivity contribution is 9.10. The zero-order chi connectivity index (χ0) is 15.5. The van der Waals surface area contributed by atoms with E-state index in [0.717, 1.165) is 14.9 Å². The first kappa shape index (κ1) is 15.3. The second kappa shape index (κ2) is 6.64. The Bertz CT molecular complexity index is 828. The summed E-state index contributed by atoms with van der Waals surface area (Å²) in [6.07, 6.45) is 1.79. The molecule has 0 aliphatic heterocycles. The maximum Gasteiger partial charge on any atom is 0.269 e. The molecule has 2 aromatic heterocycles. The third-order valence-electron chi connectivity index (χ3n) is 2.83. The van der Waals surface area contributed by atoms with Crippen LogP contribution >= 0.6 is 38.9 Å². The first-order valence-corrected chi connectivity index (χ1v) is 8.31. The molecule has 0 fully saturated rings. The van der Waals surface area contributed by atoms with E-state index in [-0.39, 0.29) is 5.89 Å². The second-order valence-corrected chi connectivity index (χ2v) is 6.55. The highest BCUT2D eigenvalue weighted by Crippen LogP contribution is 2.30. The van der Waals surface area contributed by atoms with Crippen LogP contribution in [0.25, 0.3) is 22.5 Å². The maximum atomic E-state index is 6.25. The van der Waals surface area contributed by atoms with Crippen LogP contribution in [-0.2, 0) is 0 Å². The van der Waals surface area contributed by atoms with E-state index >= 15 is 0 Å². The molecular formula is C15H10BrClN2O2S. The van der Waals surface area contributed by atoms with Gasteiger partial charge in [0.25, 0.3) is 5.89 Å². The minimum atomic E-state index is 0.270. The summed E-state index contributed by atoms with van der Waals surface area (Å²) < 4.78 is 11.5. The van der Waals surface area contributed by atoms with Gasteiger partial charge in [-0.15, -0.1) is 11.3 Å². The van der Waals surface area contributed by atoms with Crippen molar-refractivity contribution in [2.24, 2.45) is 0 Å². The Labute approximate surface area is 144 Å².